The highest BCUT2D eigenvalue weighted by Gasteiger charge is 2.50. The molecule has 3 aliphatic rings. The number of benzene rings is 1. The second-order valence-electron chi connectivity index (χ2n) is 10.5. The van der Waals surface area contributed by atoms with Crippen LogP contribution in [0.5, 0.6) is 0 Å². The minimum Gasteiger partial charge on any atom is -0.350 e. The average molecular weight is 532 g/mol. The normalized spacial score (nSPS) is 26.4. The Bertz CT molecular complexity index is 1230. The van der Waals surface area contributed by atoms with Gasteiger partial charge in [-0.2, -0.15) is 0 Å². The molecule has 1 saturated heterocycles. The van der Waals surface area contributed by atoms with Gasteiger partial charge in [-0.1, -0.05) is 36.5 Å². The summed E-state index contributed by atoms with van der Waals surface area (Å²) in [5.41, 5.74) is 1.01. The largest absolute Gasteiger partial charge is 0.350 e. The lowest BCUT2D eigenvalue weighted by molar-refractivity contribution is -0.131. The number of hydrogen-bond donors (Lipinski definition) is 2. The summed E-state index contributed by atoms with van der Waals surface area (Å²) in [6.45, 7) is 2.27. The van der Waals surface area contributed by atoms with E-state index >= 15 is 0 Å². The topological polar surface area (TPSA) is 99.3 Å². The molecule has 5 rings (SSSR count). The Balaban J connectivity index is 1.40. The Kier molecular flexibility index (Phi) is 7.14. The lowest BCUT2D eigenvalue weighted by Crippen LogP contribution is -2.53. The number of carbonyl (C=O) groups is 4. The van der Waals surface area contributed by atoms with Gasteiger partial charge in [-0.05, 0) is 62.1 Å². The quantitative estimate of drug-likeness (QED) is 0.528. The Morgan fingerprint density at radius 2 is 1.94 bits per heavy atom. The van der Waals surface area contributed by atoms with Crippen molar-refractivity contribution in [2.24, 2.45) is 17.8 Å². The highest BCUT2D eigenvalue weighted by Crippen LogP contribution is 2.43. The minimum atomic E-state index is -0.707. The van der Waals surface area contributed by atoms with Crippen molar-refractivity contribution in [2.75, 3.05) is 6.54 Å². The minimum absolute atomic E-state index is 0.0573. The predicted molar refractivity (Wildman–Crippen MR) is 138 cm³/mol. The van der Waals surface area contributed by atoms with Crippen LogP contribution >= 0.6 is 23.2 Å². The number of Topliss-reactive ketones (excluding diaryl/α,β-unsaturated/α-hetero) is 2. The van der Waals surface area contributed by atoms with Crippen LogP contribution in [0, 0.1) is 17.8 Å². The Hall–Kier alpha value is -2.38. The molecular weight excluding hydrogens is 501 g/mol. The predicted octanol–water partition coefficient (Wildman–Crippen LogP) is 4.94. The number of hydrogen-bond acceptors (Lipinski definition) is 4. The monoisotopic (exact) mass is 531 g/mol. The number of halogens is 2. The van der Waals surface area contributed by atoms with Crippen molar-refractivity contribution in [3.8, 4) is 0 Å². The number of ketones is 2. The van der Waals surface area contributed by atoms with Crippen LogP contribution in [-0.4, -0.2) is 51.9 Å². The second-order valence-corrected chi connectivity index (χ2v) is 11.3. The summed E-state index contributed by atoms with van der Waals surface area (Å²) in [6, 6.07) is 3.69. The number of likely N-dealkylation sites (tertiary alicyclic amines) is 1. The first-order valence-corrected chi connectivity index (χ1v) is 13.7. The van der Waals surface area contributed by atoms with Gasteiger partial charge in [0.1, 0.15) is 17.5 Å². The highest BCUT2D eigenvalue weighted by molar-refractivity contribution is 6.38. The van der Waals surface area contributed by atoms with Crippen molar-refractivity contribution >= 4 is 57.5 Å². The first-order chi connectivity index (χ1) is 17.3. The summed E-state index contributed by atoms with van der Waals surface area (Å²) < 4.78 is 0. The van der Waals surface area contributed by atoms with Gasteiger partial charge in [-0.25, -0.2) is 0 Å². The van der Waals surface area contributed by atoms with Crippen molar-refractivity contribution < 1.29 is 19.2 Å². The highest BCUT2D eigenvalue weighted by atomic mass is 35.5. The SMILES string of the molecule is CCC(=O)[C@H](C[C@@H]1CCCC1=O)NC(=O)[C@@H]1[C@H]2CCC[C@H]2CN1C(=O)c1cc2c(Cl)cc(Cl)cc2[nH]1. The Morgan fingerprint density at radius 3 is 2.67 bits per heavy atom. The molecule has 2 aromatic rings. The maximum Gasteiger partial charge on any atom is 0.271 e. The van der Waals surface area contributed by atoms with E-state index in [9.17, 15) is 19.2 Å². The molecule has 1 aliphatic heterocycles. The van der Waals surface area contributed by atoms with Crippen LogP contribution in [0.2, 0.25) is 10.0 Å². The molecule has 36 heavy (non-hydrogen) atoms. The van der Waals surface area contributed by atoms with E-state index in [0.29, 0.717) is 46.0 Å². The fourth-order valence-corrected chi connectivity index (χ4v) is 7.02. The van der Waals surface area contributed by atoms with E-state index in [1.165, 1.54) is 0 Å². The Morgan fingerprint density at radius 1 is 1.14 bits per heavy atom. The molecule has 7 nitrogen and oxygen atoms in total. The molecule has 0 radical (unpaired) electrons. The Labute approximate surface area is 220 Å². The van der Waals surface area contributed by atoms with E-state index in [-0.39, 0.29) is 47.6 Å². The van der Waals surface area contributed by atoms with E-state index in [1.807, 2.05) is 0 Å². The summed E-state index contributed by atoms with van der Waals surface area (Å²) in [4.78, 5) is 57.1. The summed E-state index contributed by atoms with van der Waals surface area (Å²) in [6.07, 6.45) is 5.62. The van der Waals surface area contributed by atoms with Crippen molar-refractivity contribution in [2.45, 2.75) is 70.4 Å². The number of fused-ring (bicyclic) bond motifs is 2. The molecule has 9 heteroatoms. The second kappa shape index (κ2) is 10.2. The average Bonchev–Trinajstić information content (AvgIpc) is 3.61. The van der Waals surface area contributed by atoms with Gasteiger partial charge in [-0.3, -0.25) is 19.2 Å². The van der Waals surface area contributed by atoms with Crippen LogP contribution in [0.3, 0.4) is 0 Å². The summed E-state index contributed by atoms with van der Waals surface area (Å²) in [5, 5.41) is 4.57. The molecule has 1 aromatic heterocycles. The summed E-state index contributed by atoms with van der Waals surface area (Å²) in [7, 11) is 0. The zero-order chi connectivity index (χ0) is 25.6. The molecule has 5 atom stereocenters. The molecule has 0 bridgehead atoms. The fraction of sp³-hybridized carbons (Fsp3) is 0.556. The van der Waals surface area contributed by atoms with Gasteiger partial charge < -0.3 is 15.2 Å². The third kappa shape index (κ3) is 4.68. The van der Waals surface area contributed by atoms with E-state index < -0.39 is 12.1 Å². The number of nitrogens with one attached hydrogen (secondary N) is 2. The number of H-pyrrole nitrogens is 1. The van der Waals surface area contributed by atoms with Gasteiger partial charge in [0.15, 0.2) is 5.78 Å². The number of rotatable bonds is 7. The molecule has 3 fully saturated rings. The van der Waals surface area contributed by atoms with Crippen molar-refractivity contribution in [1.82, 2.24) is 15.2 Å². The van der Waals surface area contributed by atoms with Gasteiger partial charge >= 0.3 is 0 Å². The third-order valence-electron chi connectivity index (χ3n) is 8.31. The van der Waals surface area contributed by atoms with E-state index in [2.05, 4.69) is 10.3 Å². The zero-order valence-electron chi connectivity index (χ0n) is 20.3. The third-order valence-corrected chi connectivity index (χ3v) is 8.84. The lowest BCUT2D eigenvalue weighted by atomic mass is 9.91. The lowest BCUT2D eigenvalue weighted by Gasteiger charge is -2.29. The number of nitrogens with zero attached hydrogens (tertiary/aromatic N) is 1. The van der Waals surface area contributed by atoms with E-state index in [0.717, 1.165) is 32.1 Å². The van der Waals surface area contributed by atoms with Gasteiger partial charge in [0.25, 0.3) is 5.91 Å². The molecule has 2 amide bonds. The van der Waals surface area contributed by atoms with E-state index in [1.54, 1.807) is 30.0 Å². The number of amides is 2. The van der Waals surface area contributed by atoms with Crippen LogP contribution in [0.4, 0.5) is 0 Å². The molecule has 2 saturated carbocycles. The zero-order valence-corrected chi connectivity index (χ0v) is 21.8. The van der Waals surface area contributed by atoms with Crippen LogP contribution in [0.25, 0.3) is 10.9 Å². The number of aromatic amines is 1. The first kappa shape index (κ1) is 25.3. The van der Waals surface area contributed by atoms with Gasteiger partial charge in [0, 0.05) is 41.2 Å². The van der Waals surface area contributed by atoms with Crippen LogP contribution in [0.15, 0.2) is 18.2 Å². The molecule has 2 heterocycles. The standard InChI is InChI=1S/C27H31Cl2N3O4/c1-2-23(33)21(9-14-5-4-8-24(14)34)31-26(35)25-17-7-3-6-15(17)13-32(25)27(36)22-12-18-19(29)10-16(28)11-20(18)30-22/h10-12,14-15,17,21,25,30H,2-9,13H2,1H3,(H,31,35)/t14-,15-,17-,21-,25-/m0/s1. The smallest absolute Gasteiger partial charge is 0.271 e. The van der Waals surface area contributed by atoms with Crippen molar-refractivity contribution in [1.29, 1.82) is 0 Å². The molecule has 0 unspecified atom stereocenters. The molecule has 2 N–H and O–H groups in total. The van der Waals surface area contributed by atoms with Crippen LogP contribution in [0.1, 0.15) is 68.8 Å². The van der Waals surface area contributed by atoms with Crippen molar-refractivity contribution in [3.63, 3.8) is 0 Å². The fourth-order valence-electron chi connectivity index (χ4n) is 6.48. The molecule has 192 valence electrons. The van der Waals surface area contributed by atoms with E-state index in [4.69, 9.17) is 23.2 Å². The molecule has 0 spiro atoms. The summed E-state index contributed by atoms with van der Waals surface area (Å²) >= 11 is 12.5. The molecule has 2 aliphatic carbocycles. The maximum absolute atomic E-state index is 13.7. The number of carbonyl (C=O) groups excluding carboxylic acids is 4. The van der Waals surface area contributed by atoms with Gasteiger partial charge in [0.05, 0.1) is 11.1 Å². The first-order valence-electron chi connectivity index (χ1n) is 12.9. The van der Waals surface area contributed by atoms with Crippen molar-refractivity contribution in [3.05, 3.63) is 33.9 Å². The van der Waals surface area contributed by atoms with Gasteiger partial charge in [-0.15, -0.1) is 0 Å². The number of aromatic nitrogens is 1. The van der Waals surface area contributed by atoms with Gasteiger partial charge in [0.2, 0.25) is 5.91 Å². The molecular formula is C27H31Cl2N3O4. The van der Waals surface area contributed by atoms with Crippen LogP contribution in [-0.2, 0) is 14.4 Å². The van der Waals surface area contributed by atoms with Crippen LogP contribution < -0.4 is 5.32 Å². The molecule has 1 aromatic carbocycles. The maximum atomic E-state index is 13.7. The summed E-state index contributed by atoms with van der Waals surface area (Å²) in [5.74, 6) is -0.349.